The van der Waals surface area contributed by atoms with E-state index >= 15 is 0 Å². The molecule has 0 spiro atoms. The lowest BCUT2D eigenvalue weighted by Gasteiger charge is -2.34. The van der Waals surface area contributed by atoms with Crippen molar-refractivity contribution in [3.05, 3.63) is 36.4 Å². The van der Waals surface area contributed by atoms with Gasteiger partial charge in [-0.2, -0.15) is 39.5 Å². The topological polar surface area (TPSA) is 92.7 Å². The van der Waals surface area contributed by atoms with Gasteiger partial charge < -0.3 is 14.0 Å². The first-order valence-electron chi connectivity index (χ1n) is 11.5. The van der Waals surface area contributed by atoms with Crippen LogP contribution in [0.25, 0.3) is 10.8 Å². The molecule has 2 aromatic rings. The van der Waals surface area contributed by atoms with Gasteiger partial charge in [0, 0.05) is 21.7 Å². The van der Waals surface area contributed by atoms with Crippen molar-refractivity contribution in [2.75, 3.05) is 18.1 Å². The van der Waals surface area contributed by atoms with E-state index in [1.807, 2.05) is 18.2 Å². The Bertz CT molecular complexity index is 1280. The summed E-state index contributed by atoms with van der Waals surface area (Å²) in [6.45, 7) is 2.47. The van der Waals surface area contributed by atoms with Crippen molar-refractivity contribution in [2.24, 2.45) is 0 Å². The van der Waals surface area contributed by atoms with Crippen molar-refractivity contribution in [1.82, 2.24) is 0 Å². The minimum atomic E-state index is -7.43. The van der Waals surface area contributed by atoms with E-state index in [0.29, 0.717) is 23.3 Å². The van der Waals surface area contributed by atoms with Crippen LogP contribution in [-0.4, -0.2) is 60.5 Å². The van der Waals surface area contributed by atoms with Gasteiger partial charge in [-0.1, -0.05) is 31.5 Å². The van der Waals surface area contributed by atoms with E-state index in [9.17, 15) is 57.3 Å². The summed E-state index contributed by atoms with van der Waals surface area (Å²) < 4.78 is 146. The van der Waals surface area contributed by atoms with Gasteiger partial charge in [0.1, 0.15) is 17.3 Å². The highest BCUT2D eigenvalue weighted by Crippen LogP contribution is 2.54. The van der Waals surface area contributed by atoms with Crippen molar-refractivity contribution in [3.8, 4) is 5.75 Å². The molecule has 0 unspecified atom stereocenters. The van der Waals surface area contributed by atoms with Crippen LogP contribution in [-0.2, 0) is 25.7 Å². The fraction of sp³-hybridized carbons (Fsp3) is 0.522. The maximum atomic E-state index is 12.2. The third kappa shape index (κ3) is 7.08. The standard InChI is InChI=1S/C19H23O3S.C4HF9O3S/c1-2-3-12-21-19(20)22-17-10-11-18(23-13-6-7-14-23)16-9-5-4-8-15(16)17;5-1(6,3(9,10)11)2(7,8)4(12,13)17(14,15)16/h4-5,8-11H,2-3,6-7,12-14H2,1H3;(H,14,15,16)/q+1;/p-1. The maximum Gasteiger partial charge on any atom is 0.513 e. The van der Waals surface area contributed by atoms with Gasteiger partial charge in [0.15, 0.2) is 15.0 Å². The van der Waals surface area contributed by atoms with Gasteiger partial charge >= 0.3 is 29.4 Å². The summed E-state index contributed by atoms with van der Waals surface area (Å²) in [6.07, 6.45) is -3.28. The van der Waals surface area contributed by atoms with Gasteiger partial charge in [-0.3, -0.25) is 0 Å². The largest absolute Gasteiger partial charge is 0.743 e. The zero-order valence-electron chi connectivity index (χ0n) is 20.6. The third-order valence-electron chi connectivity index (χ3n) is 5.53. The lowest BCUT2D eigenvalue weighted by molar-refractivity contribution is -0.382. The van der Waals surface area contributed by atoms with E-state index < -0.39 is 39.5 Å². The van der Waals surface area contributed by atoms with Gasteiger partial charge in [0.05, 0.1) is 6.61 Å². The highest BCUT2D eigenvalue weighted by molar-refractivity contribution is 7.97. The first kappa shape index (κ1) is 33.8. The second kappa shape index (κ2) is 12.6. The molecule has 0 aromatic heterocycles. The Labute approximate surface area is 225 Å². The Morgan fingerprint density at radius 2 is 1.45 bits per heavy atom. The number of alkyl halides is 9. The molecular weight excluding hydrogens is 607 g/mol. The van der Waals surface area contributed by atoms with Crippen LogP contribution < -0.4 is 4.74 Å². The highest BCUT2D eigenvalue weighted by atomic mass is 32.2. The number of halogens is 9. The number of fused-ring (bicyclic) bond motifs is 1. The fourth-order valence-corrected chi connectivity index (χ4v) is 6.34. The lowest BCUT2D eigenvalue weighted by atomic mass is 10.1. The van der Waals surface area contributed by atoms with E-state index in [1.165, 1.54) is 34.6 Å². The van der Waals surface area contributed by atoms with Crippen LogP contribution >= 0.6 is 0 Å². The zero-order valence-corrected chi connectivity index (χ0v) is 22.2. The predicted octanol–water partition coefficient (Wildman–Crippen LogP) is 6.88. The highest BCUT2D eigenvalue weighted by Gasteiger charge is 2.83. The van der Waals surface area contributed by atoms with Crippen molar-refractivity contribution >= 4 is 37.9 Å². The average Bonchev–Trinajstić information content (AvgIpc) is 3.38. The Balaban J connectivity index is 0.000000296. The molecule has 1 saturated heterocycles. The normalized spacial score (nSPS) is 15.5. The van der Waals surface area contributed by atoms with Crippen LogP contribution in [0.3, 0.4) is 0 Å². The number of rotatable bonds is 8. The molecule has 1 fully saturated rings. The van der Waals surface area contributed by atoms with Crippen molar-refractivity contribution in [3.63, 3.8) is 0 Å². The Hall–Kier alpha value is -2.40. The SMILES string of the molecule is CCCCOC(=O)Oc1ccc([S+]2CCCC2)c2ccccc12.O=S(=O)([O-])C(F)(F)C(F)(F)C(F)(F)C(F)(F)F. The van der Waals surface area contributed by atoms with Gasteiger partial charge in [-0.25, -0.2) is 13.2 Å². The molecule has 1 aliphatic heterocycles. The summed E-state index contributed by atoms with van der Waals surface area (Å²) in [5.41, 5.74) is 0. The third-order valence-corrected chi connectivity index (χ3v) is 8.95. The van der Waals surface area contributed by atoms with E-state index in [-0.39, 0.29) is 0 Å². The smallest absolute Gasteiger partial charge is 0.513 e. The second-order valence-corrected chi connectivity index (χ2v) is 12.0. The molecule has 6 nitrogen and oxygen atoms in total. The molecule has 226 valence electrons. The minimum absolute atomic E-state index is 0.336. The van der Waals surface area contributed by atoms with Crippen molar-refractivity contribution in [1.29, 1.82) is 0 Å². The van der Waals surface area contributed by atoms with Gasteiger partial charge in [-0.15, -0.1) is 0 Å². The molecule has 0 aliphatic carbocycles. The summed E-state index contributed by atoms with van der Waals surface area (Å²) in [4.78, 5) is 13.2. The number of unbranched alkanes of at least 4 members (excludes halogenated alkanes) is 1. The molecule has 0 N–H and O–H groups in total. The zero-order chi connectivity index (χ0) is 30.6. The van der Waals surface area contributed by atoms with Crippen LogP contribution in [0, 0.1) is 0 Å². The molecule has 0 bridgehead atoms. The second-order valence-electron chi connectivity index (χ2n) is 8.39. The van der Waals surface area contributed by atoms with Crippen molar-refractivity contribution < 1.29 is 66.8 Å². The number of ether oxygens (including phenoxy) is 2. The lowest BCUT2D eigenvalue weighted by Crippen LogP contribution is -2.63. The number of carbonyl (C=O) groups is 1. The van der Waals surface area contributed by atoms with Crippen molar-refractivity contribution in [2.45, 2.75) is 60.8 Å². The number of hydrogen-bond acceptors (Lipinski definition) is 6. The van der Waals surface area contributed by atoms with Gasteiger partial charge in [-0.05, 0) is 37.5 Å². The summed E-state index contributed by atoms with van der Waals surface area (Å²) in [5, 5.41) is -4.91. The fourth-order valence-electron chi connectivity index (χ4n) is 3.40. The monoisotopic (exact) mass is 630 g/mol. The van der Waals surface area contributed by atoms with E-state index in [4.69, 9.17) is 9.47 Å². The van der Waals surface area contributed by atoms with Crippen LogP contribution in [0.2, 0.25) is 0 Å². The molecule has 2 aromatic carbocycles. The number of carbonyl (C=O) groups excluding carboxylic acids is 1. The molecule has 40 heavy (non-hydrogen) atoms. The van der Waals surface area contributed by atoms with Crippen LogP contribution in [0.1, 0.15) is 32.6 Å². The Morgan fingerprint density at radius 3 is 1.95 bits per heavy atom. The molecular formula is C23H23F9O6S2. The molecule has 0 radical (unpaired) electrons. The first-order chi connectivity index (χ1) is 18.3. The quantitative estimate of drug-likeness (QED) is 0.0789. The number of hydrogen-bond donors (Lipinski definition) is 0. The average molecular weight is 631 g/mol. The van der Waals surface area contributed by atoms with Crippen LogP contribution in [0.4, 0.5) is 44.3 Å². The van der Waals surface area contributed by atoms with E-state index in [2.05, 4.69) is 25.1 Å². The summed E-state index contributed by atoms with van der Waals surface area (Å²) >= 11 is 0. The molecule has 1 heterocycles. The maximum absolute atomic E-state index is 12.2. The predicted molar refractivity (Wildman–Crippen MR) is 126 cm³/mol. The number of benzene rings is 2. The van der Waals surface area contributed by atoms with Gasteiger partial charge in [0.25, 0.3) is 0 Å². The van der Waals surface area contributed by atoms with E-state index in [1.54, 1.807) is 0 Å². The molecule has 0 atom stereocenters. The summed E-state index contributed by atoms with van der Waals surface area (Å²) in [7, 11) is -7.08. The summed E-state index contributed by atoms with van der Waals surface area (Å²) in [6, 6.07) is 12.2. The Morgan fingerprint density at radius 1 is 0.900 bits per heavy atom. The van der Waals surface area contributed by atoms with Crippen LogP contribution in [0.5, 0.6) is 5.75 Å². The molecule has 1 aliphatic rings. The molecule has 3 rings (SSSR count). The molecule has 17 heteroatoms. The molecule has 0 saturated carbocycles. The van der Waals surface area contributed by atoms with Crippen LogP contribution in [0.15, 0.2) is 41.3 Å². The first-order valence-corrected chi connectivity index (χ1v) is 14.5. The van der Waals surface area contributed by atoms with E-state index in [0.717, 1.165) is 18.2 Å². The van der Waals surface area contributed by atoms with Gasteiger partial charge in [0.2, 0.25) is 0 Å². The molecule has 0 amide bonds. The summed E-state index contributed by atoms with van der Waals surface area (Å²) in [5.74, 6) is -11.7. The Kier molecular flexibility index (Phi) is 10.7. The minimum Gasteiger partial charge on any atom is -0.743 e.